The molecule has 1 aromatic heterocycles. The number of ether oxygens (including phenoxy) is 1. The molecule has 0 aliphatic carbocycles. The Bertz CT molecular complexity index is 298. The van der Waals surface area contributed by atoms with Crippen LogP contribution < -0.4 is 5.73 Å². The van der Waals surface area contributed by atoms with Gasteiger partial charge in [0.15, 0.2) is 5.82 Å². The SMILES string of the molecule is CCCc1c(N)nnn1C(C)CCOC. The summed E-state index contributed by atoms with van der Waals surface area (Å²) < 4.78 is 6.96. The summed E-state index contributed by atoms with van der Waals surface area (Å²) >= 11 is 0. The quantitative estimate of drug-likeness (QED) is 0.774. The molecule has 0 spiro atoms. The van der Waals surface area contributed by atoms with Crippen LogP contribution in [-0.2, 0) is 11.2 Å². The maximum absolute atomic E-state index is 5.77. The third-order valence-corrected chi connectivity index (χ3v) is 2.47. The highest BCUT2D eigenvalue weighted by atomic mass is 16.5. The molecule has 0 aliphatic rings. The van der Waals surface area contributed by atoms with Crippen LogP contribution in [0.15, 0.2) is 0 Å². The molecular weight excluding hydrogens is 192 g/mol. The van der Waals surface area contributed by atoms with E-state index >= 15 is 0 Å². The van der Waals surface area contributed by atoms with Crippen molar-refractivity contribution in [3.63, 3.8) is 0 Å². The Morgan fingerprint density at radius 1 is 1.53 bits per heavy atom. The lowest BCUT2D eigenvalue weighted by molar-refractivity contribution is 0.177. The smallest absolute Gasteiger partial charge is 0.169 e. The van der Waals surface area contributed by atoms with Crippen molar-refractivity contribution < 1.29 is 4.74 Å². The summed E-state index contributed by atoms with van der Waals surface area (Å²) in [4.78, 5) is 0. The van der Waals surface area contributed by atoms with Crippen molar-refractivity contribution >= 4 is 5.82 Å². The molecule has 1 aromatic rings. The number of aromatic nitrogens is 3. The minimum Gasteiger partial charge on any atom is -0.385 e. The number of hydrogen-bond donors (Lipinski definition) is 1. The molecule has 15 heavy (non-hydrogen) atoms. The third-order valence-electron chi connectivity index (χ3n) is 2.47. The van der Waals surface area contributed by atoms with Crippen molar-refractivity contribution in [1.82, 2.24) is 15.0 Å². The lowest BCUT2D eigenvalue weighted by Crippen LogP contribution is -2.13. The van der Waals surface area contributed by atoms with Gasteiger partial charge in [-0.25, -0.2) is 4.68 Å². The molecule has 1 unspecified atom stereocenters. The van der Waals surface area contributed by atoms with Crippen molar-refractivity contribution in [1.29, 1.82) is 0 Å². The summed E-state index contributed by atoms with van der Waals surface area (Å²) in [5.74, 6) is 0.557. The van der Waals surface area contributed by atoms with Crippen LogP contribution in [0, 0.1) is 0 Å². The van der Waals surface area contributed by atoms with Crippen LogP contribution >= 0.6 is 0 Å². The van der Waals surface area contributed by atoms with Crippen molar-refractivity contribution in [2.24, 2.45) is 0 Å². The standard InChI is InChI=1S/C10H20N4O/c1-4-5-9-10(11)12-13-14(9)8(2)6-7-15-3/h8H,4-7,11H2,1-3H3. The van der Waals surface area contributed by atoms with E-state index in [0.717, 1.165) is 31.6 Å². The average molecular weight is 212 g/mol. The van der Waals surface area contributed by atoms with Crippen LogP contribution in [0.5, 0.6) is 0 Å². The van der Waals surface area contributed by atoms with Gasteiger partial charge in [-0.15, -0.1) is 5.10 Å². The maximum atomic E-state index is 5.77. The summed E-state index contributed by atoms with van der Waals surface area (Å²) in [6.45, 7) is 4.95. The van der Waals surface area contributed by atoms with Gasteiger partial charge < -0.3 is 10.5 Å². The number of methoxy groups -OCH3 is 1. The second-order valence-electron chi connectivity index (χ2n) is 3.75. The molecule has 1 atom stereocenters. The number of nitrogens with zero attached hydrogens (tertiary/aromatic N) is 3. The zero-order valence-corrected chi connectivity index (χ0v) is 9.73. The number of nitrogen functional groups attached to an aromatic ring is 1. The van der Waals surface area contributed by atoms with Crippen LogP contribution in [0.4, 0.5) is 5.82 Å². The highest BCUT2D eigenvalue weighted by Crippen LogP contribution is 2.17. The fourth-order valence-corrected chi connectivity index (χ4v) is 1.57. The monoisotopic (exact) mass is 212 g/mol. The summed E-state index contributed by atoms with van der Waals surface area (Å²) in [5.41, 5.74) is 6.81. The van der Waals surface area contributed by atoms with Crippen LogP contribution in [0.2, 0.25) is 0 Å². The molecule has 0 aliphatic heterocycles. The molecule has 86 valence electrons. The van der Waals surface area contributed by atoms with Crippen molar-refractivity contribution in [2.75, 3.05) is 19.5 Å². The van der Waals surface area contributed by atoms with E-state index in [-0.39, 0.29) is 6.04 Å². The molecule has 1 heterocycles. The van der Waals surface area contributed by atoms with Crippen LogP contribution in [0.1, 0.15) is 38.4 Å². The van der Waals surface area contributed by atoms with Crippen molar-refractivity contribution in [3.8, 4) is 0 Å². The molecule has 5 nitrogen and oxygen atoms in total. The highest BCUT2D eigenvalue weighted by molar-refractivity contribution is 5.33. The van der Waals surface area contributed by atoms with Crippen LogP contribution in [0.3, 0.4) is 0 Å². The Morgan fingerprint density at radius 3 is 2.87 bits per heavy atom. The molecule has 0 saturated heterocycles. The van der Waals surface area contributed by atoms with Gasteiger partial charge in [-0.1, -0.05) is 18.6 Å². The van der Waals surface area contributed by atoms with Gasteiger partial charge in [0.25, 0.3) is 0 Å². The van der Waals surface area contributed by atoms with E-state index in [1.54, 1.807) is 7.11 Å². The van der Waals surface area contributed by atoms with E-state index < -0.39 is 0 Å². The Labute approximate surface area is 90.6 Å². The van der Waals surface area contributed by atoms with Crippen molar-refractivity contribution in [2.45, 2.75) is 39.2 Å². The first-order valence-corrected chi connectivity index (χ1v) is 5.39. The fraction of sp³-hybridized carbons (Fsp3) is 0.800. The zero-order valence-electron chi connectivity index (χ0n) is 9.73. The number of rotatable bonds is 6. The van der Waals surface area contributed by atoms with Gasteiger partial charge in [-0.05, 0) is 19.8 Å². The minimum atomic E-state index is 0.288. The van der Waals surface area contributed by atoms with Crippen molar-refractivity contribution in [3.05, 3.63) is 5.69 Å². The van der Waals surface area contributed by atoms with E-state index in [1.807, 2.05) is 4.68 Å². The molecule has 2 N–H and O–H groups in total. The van der Waals surface area contributed by atoms with Gasteiger partial charge in [0.05, 0.1) is 11.7 Å². The van der Waals surface area contributed by atoms with Gasteiger partial charge in [0.2, 0.25) is 0 Å². The molecule has 0 bridgehead atoms. The van der Waals surface area contributed by atoms with E-state index in [0.29, 0.717) is 5.82 Å². The van der Waals surface area contributed by atoms with Gasteiger partial charge >= 0.3 is 0 Å². The predicted molar refractivity (Wildman–Crippen MR) is 59.6 cm³/mol. The second kappa shape index (κ2) is 5.70. The lowest BCUT2D eigenvalue weighted by Gasteiger charge is -2.13. The Balaban J connectivity index is 2.74. The summed E-state index contributed by atoms with van der Waals surface area (Å²) in [5, 5.41) is 7.99. The minimum absolute atomic E-state index is 0.288. The maximum Gasteiger partial charge on any atom is 0.169 e. The molecular formula is C10H20N4O. The van der Waals surface area contributed by atoms with Gasteiger partial charge in [0, 0.05) is 13.7 Å². The topological polar surface area (TPSA) is 66.0 Å². The number of nitrogens with two attached hydrogens (primary N) is 1. The molecule has 0 amide bonds. The van der Waals surface area contributed by atoms with E-state index in [1.165, 1.54) is 0 Å². The van der Waals surface area contributed by atoms with Crippen LogP contribution in [-0.4, -0.2) is 28.7 Å². The summed E-state index contributed by atoms with van der Waals surface area (Å²) in [7, 11) is 1.70. The van der Waals surface area contributed by atoms with E-state index in [9.17, 15) is 0 Å². The highest BCUT2D eigenvalue weighted by Gasteiger charge is 2.14. The largest absolute Gasteiger partial charge is 0.385 e. The number of anilines is 1. The zero-order chi connectivity index (χ0) is 11.3. The fourth-order valence-electron chi connectivity index (χ4n) is 1.57. The lowest BCUT2D eigenvalue weighted by atomic mass is 10.2. The van der Waals surface area contributed by atoms with Gasteiger partial charge in [-0.2, -0.15) is 0 Å². The van der Waals surface area contributed by atoms with Gasteiger partial charge in [0.1, 0.15) is 0 Å². The molecule has 0 saturated carbocycles. The first kappa shape index (κ1) is 12.0. The van der Waals surface area contributed by atoms with Crippen LogP contribution in [0.25, 0.3) is 0 Å². The van der Waals surface area contributed by atoms with E-state index in [2.05, 4.69) is 24.2 Å². The average Bonchev–Trinajstić information content (AvgIpc) is 2.58. The molecule has 0 fully saturated rings. The molecule has 5 heteroatoms. The Kier molecular flexibility index (Phi) is 4.55. The summed E-state index contributed by atoms with van der Waals surface area (Å²) in [6.07, 6.45) is 2.90. The third kappa shape index (κ3) is 2.92. The normalized spacial score (nSPS) is 13.0. The Hall–Kier alpha value is -1.10. The first-order chi connectivity index (χ1) is 7.20. The van der Waals surface area contributed by atoms with E-state index in [4.69, 9.17) is 10.5 Å². The predicted octanol–water partition coefficient (Wildman–Crippen LogP) is 1.41. The second-order valence-corrected chi connectivity index (χ2v) is 3.75. The molecule has 0 aromatic carbocycles. The molecule has 1 rings (SSSR count). The summed E-state index contributed by atoms with van der Waals surface area (Å²) in [6, 6.07) is 0.288. The first-order valence-electron chi connectivity index (χ1n) is 5.39. The van der Waals surface area contributed by atoms with Gasteiger partial charge in [-0.3, -0.25) is 0 Å². The Morgan fingerprint density at radius 2 is 2.27 bits per heavy atom. The number of hydrogen-bond acceptors (Lipinski definition) is 4. The molecule has 0 radical (unpaired) electrons.